The van der Waals surface area contributed by atoms with Crippen LogP contribution in [0, 0.1) is 0 Å². The van der Waals surface area contributed by atoms with E-state index in [1.807, 2.05) is 11.8 Å². The number of thioether (sulfide) groups is 1. The van der Waals surface area contributed by atoms with E-state index >= 15 is 0 Å². The van der Waals surface area contributed by atoms with Crippen molar-refractivity contribution < 1.29 is 9.53 Å². The first-order chi connectivity index (χ1) is 4.29. The topological polar surface area (TPSA) is 26.3 Å². The zero-order chi connectivity index (χ0) is 6.69. The highest BCUT2D eigenvalue weighted by molar-refractivity contribution is 7.99. The smallest absolute Gasteiger partial charge is 0.302 e. The molecule has 0 N–H and O–H groups in total. The molecule has 0 spiro atoms. The maximum atomic E-state index is 10.4. The van der Waals surface area contributed by atoms with Crippen molar-refractivity contribution in [3.8, 4) is 0 Å². The molecule has 0 radical (unpaired) electrons. The third-order valence-corrected chi connectivity index (χ3v) is 2.35. The minimum atomic E-state index is -0.150. The maximum Gasteiger partial charge on any atom is 0.302 e. The van der Waals surface area contributed by atoms with Gasteiger partial charge in [-0.15, -0.1) is 0 Å². The van der Waals surface area contributed by atoms with Crippen LogP contribution in [0.1, 0.15) is 13.3 Å². The predicted octanol–water partition coefficient (Wildman–Crippen LogP) is 1.05. The Morgan fingerprint density at radius 3 is 3.00 bits per heavy atom. The number of rotatable bonds is 1. The molecule has 1 unspecified atom stereocenters. The number of ether oxygens (including phenoxy) is 1. The molecule has 1 fully saturated rings. The van der Waals surface area contributed by atoms with E-state index in [4.69, 9.17) is 4.74 Å². The summed E-state index contributed by atoms with van der Waals surface area (Å²) in [6.07, 6.45) is 1.23. The number of carbonyl (C=O) groups is 1. The van der Waals surface area contributed by atoms with Crippen LogP contribution >= 0.6 is 11.8 Å². The minimum Gasteiger partial charge on any atom is -0.462 e. The van der Waals surface area contributed by atoms with Gasteiger partial charge in [-0.05, 0) is 12.2 Å². The predicted molar refractivity (Wildman–Crippen MR) is 37.5 cm³/mol. The molecule has 0 bridgehead atoms. The van der Waals surface area contributed by atoms with Crippen LogP contribution in [0.25, 0.3) is 0 Å². The van der Waals surface area contributed by atoms with Crippen molar-refractivity contribution in [3.05, 3.63) is 0 Å². The molecular weight excluding hydrogens is 136 g/mol. The van der Waals surface area contributed by atoms with E-state index in [1.165, 1.54) is 6.92 Å². The van der Waals surface area contributed by atoms with E-state index in [2.05, 4.69) is 0 Å². The molecule has 3 heteroatoms. The summed E-state index contributed by atoms with van der Waals surface area (Å²) in [6, 6.07) is 0. The van der Waals surface area contributed by atoms with E-state index in [1.54, 1.807) is 0 Å². The number of carbonyl (C=O) groups excluding carboxylic acids is 1. The average Bonchev–Trinajstić information content (AvgIpc) is 2.15. The van der Waals surface area contributed by atoms with Crippen LogP contribution < -0.4 is 0 Å². The standard InChI is InChI=1S/C6H10O2S/c1-5(7)8-6-2-3-9-4-6/h6H,2-4H2,1H3. The molecule has 52 valence electrons. The quantitative estimate of drug-likeness (QED) is 0.517. The van der Waals surface area contributed by atoms with Gasteiger partial charge in [-0.1, -0.05) is 0 Å². The lowest BCUT2D eigenvalue weighted by Gasteiger charge is -2.06. The molecule has 0 amide bonds. The average molecular weight is 146 g/mol. The molecule has 1 atom stereocenters. The monoisotopic (exact) mass is 146 g/mol. The van der Waals surface area contributed by atoms with Gasteiger partial charge in [0, 0.05) is 12.7 Å². The summed E-state index contributed by atoms with van der Waals surface area (Å²) < 4.78 is 4.95. The number of hydrogen-bond acceptors (Lipinski definition) is 3. The normalized spacial score (nSPS) is 26.1. The minimum absolute atomic E-state index is 0.150. The Morgan fingerprint density at radius 2 is 2.56 bits per heavy atom. The van der Waals surface area contributed by atoms with Gasteiger partial charge in [0.25, 0.3) is 0 Å². The SMILES string of the molecule is CC(=O)OC1CCSC1. The molecular formula is C6H10O2S. The Labute approximate surface area is 59.0 Å². The van der Waals surface area contributed by atoms with Crippen molar-refractivity contribution in [2.24, 2.45) is 0 Å². The third-order valence-electron chi connectivity index (χ3n) is 1.22. The molecule has 0 aromatic heterocycles. The van der Waals surface area contributed by atoms with Crippen LogP contribution in [0.2, 0.25) is 0 Å². The lowest BCUT2D eigenvalue weighted by Crippen LogP contribution is -2.14. The Kier molecular flexibility index (Phi) is 2.39. The van der Waals surface area contributed by atoms with Crippen LogP contribution in [0.15, 0.2) is 0 Å². The Balaban J connectivity index is 2.19. The first kappa shape index (κ1) is 6.93. The second-order valence-corrected chi connectivity index (χ2v) is 3.24. The molecule has 2 nitrogen and oxygen atoms in total. The fourth-order valence-electron chi connectivity index (χ4n) is 0.841. The van der Waals surface area contributed by atoms with Gasteiger partial charge in [-0.2, -0.15) is 11.8 Å². The number of esters is 1. The largest absolute Gasteiger partial charge is 0.462 e. The molecule has 0 aromatic carbocycles. The number of hydrogen-bond donors (Lipinski definition) is 0. The van der Waals surface area contributed by atoms with Crippen LogP contribution in [0.4, 0.5) is 0 Å². The van der Waals surface area contributed by atoms with E-state index in [-0.39, 0.29) is 12.1 Å². The summed E-state index contributed by atoms with van der Waals surface area (Å²) in [5, 5.41) is 0. The molecule has 0 aliphatic carbocycles. The highest BCUT2D eigenvalue weighted by Crippen LogP contribution is 2.19. The van der Waals surface area contributed by atoms with Gasteiger partial charge in [0.05, 0.1) is 0 Å². The maximum absolute atomic E-state index is 10.4. The van der Waals surface area contributed by atoms with Crippen LogP contribution in [0.3, 0.4) is 0 Å². The van der Waals surface area contributed by atoms with Gasteiger partial charge in [0.15, 0.2) is 0 Å². The van der Waals surface area contributed by atoms with Crippen LogP contribution in [-0.4, -0.2) is 23.6 Å². The second kappa shape index (κ2) is 3.11. The van der Waals surface area contributed by atoms with Gasteiger partial charge >= 0.3 is 5.97 Å². The van der Waals surface area contributed by atoms with Crippen molar-refractivity contribution in [1.82, 2.24) is 0 Å². The summed E-state index contributed by atoms with van der Waals surface area (Å²) >= 11 is 1.85. The van der Waals surface area contributed by atoms with Gasteiger partial charge < -0.3 is 4.74 Å². The van der Waals surface area contributed by atoms with Crippen molar-refractivity contribution in [2.75, 3.05) is 11.5 Å². The van der Waals surface area contributed by atoms with Gasteiger partial charge in [-0.25, -0.2) is 0 Å². The first-order valence-electron chi connectivity index (χ1n) is 3.04. The van der Waals surface area contributed by atoms with Gasteiger partial charge in [-0.3, -0.25) is 4.79 Å². The lowest BCUT2D eigenvalue weighted by atomic mass is 10.3. The molecule has 1 aliphatic heterocycles. The lowest BCUT2D eigenvalue weighted by molar-refractivity contribution is -0.145. The summed E-state index contributed by atoms with van der Waals surface area (Å²) in [6.45, 7) is 1.46. The molecule has 0 saturated carbocycles. The fourth-order valence-corrected chi connectivity index (χ4v) is 1.93. The van der Waals surface area contributed by atoms with Gasteiger partial charge in [0.1, 0.15) is 6.10 Å². The van der Waals surface area contributed by atoms with Crippen molar-refractivity contribution in [1.29, 1.82) is 0 Å². The van der Waals surface area contributed by atoms with E-state index < -0.39 is 0 Å². The molecule has 9 heavy (non-hydrogen) atoms. The van der Waals surface area contributed by atoms with Crippen molar-refractivity contribution in [2.45, 2.75) is 19.4 Å². The highest BCUT2D eigenvalue weighted by atomic mass is 32.2. The molecule has 0 aromatic rings. The second-order valence-electron chi connectivity index (χ2n) is 2.10. The zero-order valence-corrected chi connectivity index (χ0v) is 6.24. The highest BCUT2D eigenvalue weighted by Gasteiger charge is 2.17. The zero-order valence-electron chi connectivity index (χ0n) is 5.42. The summed E-state index contributed by atoms with van der Waals surface area (Å²) in [4.78, 5) is 10.4. The Bertz CT molecular complexity index is 108. The van der Waals surface area contributed by atoms with Crippen LogP contribution in [-0.2, 0) is 9.53 Å². The summed E-state index contributed by atoms with van der Waals surface area (Å²) in [5.74, 6) is 1.97. The molecule has 1 saturated heterocycles. The molecule has 1 rings (SSSR count). The molecule has 1 aliphatic rings. The first-order valence-corrected chi connectivity index (χ1v) is 4.19. The Hall–Kier alpha value is -0.180. The summed E-state index contributed by atoms with van der Waals surface area (Å²) in [7, 11) is 0. The van der Waals surface area contributed by atoms with Crippen molar-refractivity contribution in [3.63, 3.8) is 0 Å². The molecule has 1 heterocycles. The third kappa shape index (κ3) is 2.26. The van der Waals surface area contributed by atoms with E-state index in [0.29, 0.717) is 0 Å². The fraction of sp³-hybridized carbons (Fsp3) is 0.833. The van der Waals surface area contributed by atoms with Crippen molar-refractivity contribution >= 4 is 17.7 Å². The van der Waals surface area contributed by atoms with E-state index in [9.17, 15) is 4.79 Å². The van der Waals surface area contributed by atoms with E-state index in [0.717, 1.165) is 17.9 Å². The Morgan fingerprint density at radius 1 is 1.78 bits per heavy atom. The van der Waals surface area contributed by atoms with Gasteiger partial charge in [0.2, 0.25) is 0 Å². The summed E-state index contributed by atoms with van der Waals surface area (Å²) in [5.41, 5.74) is 0. The van der Waals surface area contributed by atoms with Crippen LogP contribution in [0.5, 0.6) is 0 Å².